The van der Waals surface area contributed by atoms with E-state index in [1.807, 2.05) is 24.4 Å². The van der Waals surface area contributed by atoms with Gasteiger partial charge < -0.3 is 20.3 Å². The van der Waals surface area contributed by atoms with Gasteiger partial charge >= 0.3 is 7.12 Å². The van der Waals surface area contributed by atoms with Crippen LogP contribution in [0.25, 0.3) is 0 Å². The van der Waals surface area contributed by atoms with Gasteiger partial charge in [-0.1, -0.05) is 37.1 Å². The summed E-state index contributed by atoms with van der Waals surface area (Å²) in [5.41, 5.74) is 1.73. The fourth-order valence-electron chi connectivity index (χ4n) is 4.37. The summed E-state index contributed by atoms with van der Waals surface area (Å²) >= 11 is 0. The first kappa shape index (κ1) is 21.1. The van der Waals surface area contributed by atoms with Gasteiger partial charge in [0.2, 0.25) is 5.95 Å². The van der Waals surface area contributed by atoms with E-state index in [9.17, 15) is 10.0 Å². The van der Waals surface area contributed by atoms with E-state index in [2.05, 4.69) is 20.1 Å². The van der Waals surface area contributed by atoms with Crippen molar-refractivity contribution in [1.82, 2.24) is 14.9 Å². The van der Waals surface area contributed by atoms with E-state index in [1.54, 1.807) is 12.1 Å². The van der Waals surface area contributed by atoms with E-state index in [1.165, 1.54) is 31.2 Å². The van der Waals surface area contributed by atoms with Crippen molar-refractivity contribution in [3.8, 4) is 0 Å². The largest absolute Gasteiger partial charge is 0.488 e. The van der Waals surface area contributed by atoms with Crippen molar-refractivity contribution in [1.29, 1.82) is 0 Å². The second-order valence-corrected chi connectivity index (χ2v) is 8.45. The number of nitrogens with zero attached hydrogens (tertiary/aromatic N) is 4. The molecule has 8 heteroatoms. The third-order valence-electron chi connectivity index (χ3n) is 6.18. The summed E-state index contributed by atoms with van der Waals surface area (Å²) in [6.45, 7) is 5.11. The Kier molecular flexibility index (Phi) is 7.20. The molecule has 0 spiro atoms. The molecule has 0 saturated carbocycles. The molecule has 1 aromatic heterocycles. The normalized spacial score (nSPS) is 18.8. The molecule has 3 heterocycles. The summed E-state index contributed by atoms with van der Waals surface area (Å²) in [4.78, 5) is 14.1. The van der Waals surface area contributed by atoms with Crippen LogP contribution >= 0.6 is 0 Å². The van der Waals surface area contributed by atoms with Crippen molar-refractivity contribution in [2.75, 3.05) is 36.4 Å². The molecule has 4 rings (SSSR count). The molecule has 2 fully saturated rings. The molecule has 1 aromatic carbocycles. The maximum Gasteiger partial charge on any atom is 0.488 e. The van der Waals surface area contributed by atoms with Gasteiger partial charge in [0.05, 0.1) is 0 Å². The highest BCUT2D eigenvalue weighted by Gasteiger charge is 2.21. The van der Waals surface area contributed by atoms with Crippen LogP contribution in [0.1, 0.15) is 44.1 Å². The number of aromatic nitrogens is 2. The molecule has 2 aliphatic rings. The lowest BCUT2D eigenvalue weighted by Crippen LogP contribution is -2.39. The molecule has 2 saturated heterocycles. The lowest BCUT2D eigenvalue weighted by molar-refractivity contribution is 0.211. The molecule has 2 aromatic rings. The lowest BCUT2D eigenvalue weighted by Gasteiger charge is -2.32. The van der Waals surface area contributed by atoms with Gasteiger partial charge in [-0.25, -0.2) is 4.98 Å². The molecular formula is C22H32BN5O2. The average molecular weight is 409 g/mol. The average Bonchev–Trinajstić information content (AvgIpc) is 3.05. The molecule has 3 N–H and O–H groups in total. The molecule has 0 radical (unpaired) electrons. The third-order valence-corrected chi connectivity index (χ3v) is 6.18. The Labute approximate surface area is 179 Å². The van der Waals surface area contributed by atoms with Gasteiger partial charge in [-0.3, -0.25) is 4.90 Å². The van der Waals surface area contributed by atoms with Crippen molar-refractivity contribution in [2.24, 2.45) is 0 Å². The van der Waals surface area contributed by atoms with E-state index in [0.29, 0.717) is 11.5 Å². The maximum absolute atomic E-state index is 9.22. The number of hydrogen-bond acceptors (Lipinski definition) is 7. The van der Waals surface area contributed by atoms with E-state index in [4.69, 9.17) is 4.98 Å². The van der Waals surface area contributed by atoms with Crippen LogP contribution in [-0.4, -0.2) is 64.3 Å². The van der Waals surface area contributed by atoms with Crippen molar-refractivity contribution in [2.45, 2.75) is 51.1 Å². The summed E-state index contributed by atoms with van der Waals surface area (Å²) in [6, 6.07) is 9.93. The Hall–Kier alpha value is -2.16. The van der Waals surface area contributed by atoms with Crippen LogP contribution in [0.4, 0.5) is 11.8 Å². The van der Waals surface area contributed by atoms with Crippen LogP contribution in [0.5, 0.6) is 0 Å². The van der Waals surface area contributed by atoms with Gasteiger partial charge in [-0.2, -0.15) is 4.98 Å². The van der Waals surface area contributed by atoms with Gasteiger partial charge in [-0.05, 0) is 42.8 Å². The predicted molar refractivity (Wildman–Crippen MR) is 121 cm³/mol. The Morgan fingerprint density at radius 2 is 1.63 bits per heavy atom. The number of likely N-dealkylation sites (tertiary alicyclic amines) is 1. The SMILES string of the molecule is OB(O)c1ccc(CN2CCC(Nc3nccc(N4CCCCCC4)n3)CC2)cc1. The van der Waals surface area contributed by atoms with Crippen LogP contribution in [0.15, 0.2) is 36.5 Å². The minimum atomic E-state index is -1.40. The molecule has 0 atom stereocenters. The van der Waals surface area contributed by atoms with Gasteiger partial charge in [0, 0.05) is 45.0 Å². The van der Waals surface area contributed by atoms with Crippen molar-refractivity contribution in [3.63, 3.8) is 0 Å². The fraction of sp³-hybridized carbons (Fsp3) is 0.545. The van der Waals surface area contributed by atoms with E-state index in [-0.39, 0.29) is 0 Å². The number of anilines is 2. The van der Waals surface area contributed by atoms with Gasteiger partial charge in [0.1, 0.15) is 5.82 Å². The first-order valence-corrected chi connectivity index (χ1v) is 11.2. The highest BCUT2D eigenvalue weighted by atomic mass is 16.4. The van der Waals surface area contributed by atoms with Crippen molar-refractivity contribution >= 4 is 24.3 Å². The summed E-state index contributed by atoms with van der Waals surface area (Å²) in [5.74, 6) is 1.79. The lowest BCUT2D eigenvalue weighted by atomic mass is 9.80. The Morgan fingerprint density at radius 1 is 0.933 bits per heavy atom. The topological polar surface area (TPSA) is 84.8 Å². The molecule has 160 valence electrons. The maximum atomic E-state index is 9.22. The second kappa shape index (κ2) is 10.2. The zero-order valence-electron chi connectivity index (χ0n) is 17.6. The zero-order chi connectivity index (χ0) is 20.8. The molecule has 30 heavy (non-hydrogen) atoms. The molecular weight excluding hydrogens is 377 g/mol. The highest BCUT2D eigenvalue weighted by Crippen LogP contribution is 2.20. The first-order chi connectivity index (χ1) is 14.7. The number of nitrogens with one attached hydrogen (secondary N) is 1. The van der Waals surface area contributed by atoms with Gasteiger partial charge in [0.15, 0.2) is 0 Å². The summed E-state index contributed by atoms with van der Waals surface area (Å²) < 4.78 is 0. The Morgan fingerprint density at radius 3 is 2.30 bits per heavy atom. The smallest absolute Gasteiger partial charge is 0.423 e. The number of hydrogen-bond donors (Lipinski definition) is 3. The molecule has 2 aliphatic heterocycles. The number of rotatable bonds is 6. The van der Waals surface area contributed by atoms with Crippen LogP contribution in [-0.2, 0) is 6.54 Å². The number of piperidine rings is 1. The van der Waals surface area contributed by atoms with Crippen LogP contribution in [0.2, 0.25) is 0 Å². The quantitative estimate of drug-likeness (QED) is 0.626. The van der Waals surface area contributed by atoms with Gasteiger partial charge in [-0.15, -0.1) is 0 Å². The highest BCUT2D eigenvalue weighted by molar-refractivity contribution is 6.58. The van der Waals surface area contributed by atoms with Crippen LogP contribution in [0, 0.1) is 0 Å². The predicted octanol–water partition coefficient (Wildman–Crippen LogP) is 1.61. The fourth-order valence-corrected chi connectivity index (χ4v) is 4.37. The molecule has 0 amide bonds. The van der Waals surface area contributed by atoms with Crippen LogP contribution < -0.4 is 15.7 Å². The minimum Gasteiger partial charge on any atom is -0.423 e. The Balaban J connectivity index is 1.27. The summed E-state index contributed by atoms with van der Waals surface area (Å²) in [7, 11) is -1.40. The van der Waals surface area contributed by atoms with Crippen molar-refractivity contribution in [3.05, 3.63) is 42.1 Å². The Bertz CT molecular complexity index is 788. The minimum absolute atomic E-state index is 0.396. The molecule has 7 nitrogen and oxygen atoms in total. The standard InChI is InChI=1S/C22H32BN5O2/c29-23(30)19-7-5-18(6-8-19)17-27-15-10-20(11-16-27)25-22-24-12-9-21(26-22)28-13-3-1-2-4-14-28/h5-9,12,20,29-30H,1-4,10-11,13-17H2,(H,24,25,26). The molecule has 0 aliphatic carbocycles. The van der Waals surface area contributed by atoms with E-state index in [0.717, 1.165) is 57.3 Å². The van der Waals surface area contributed by atoms with E-state index >= 15 is 0 Å². The van der Waals surface area contributed by atoms with Crippen LogP contribution in [0.3, 0.4) is 0 Å². The number of benzene rings is 1. The summed E-state index contributed by atoms with van der Waals surface area (Å²) in [6.07, 6.45) is 9.12. The third kappa shape index (κ3) is 5.71. The van der Waals surface area contributed by atoms with E-state index < -0.39 is 7.12 Å². The molecule has 0 unspecified atom stereocenters. The monoisotopic (exact) mass is 409 g/mol. The summed E-state index contributed by atoms with van der Waals surface area (Å²) in [5, 5.41) is 22.0. The van der Waals surface area contributed by atoms with Crippen molar-refractivity contribution < 1.29 is 10.0 Å². The van der Waals surface area contributed by atoms with Gasteiger partial charge in [0.25, 0.3) is 0 Å². The zero-order valence-corrected chi connectivity index (χ0v) is 17.6. The first-order valence-electron chi connectivity index (χ1n) is 11.2. The second-order valence-electron chi connectivity index (χ2n) is 8.45. The molecule has 0 bridgehead atoms.